The van der Waals surface area contributed by atoms with Crippen LogP contribution in [0.25, 0.3) is 0 Å². The minimum Gasteiger partial charge on any atom is -0.359 e. The van der Waals surface area contributed by atoms with Crippen molar-refractivity contribution in [3.8, 4) is 0 Å². The fraction of sp³-hybridized carbons (Fsp3) is 0.167. The number of carbonyl (C=O) groups is 1. The van der Waals surface area contributed by atoms with Crippen LogP contribution in [0.2, 0.25) is 0 Å². The van der Waals surface area contributed by atoms with Gasteiger partial charge in [-0.2, -0.15) is 0 Å². The average molecular weight is 249 g/mol. The smallest absolute Gasteiger partial charge is 0.221 e. The predicted molar refractivity (Wildman–Crippen MR) is 75.2 cm³/mol. The van der Waals surface area contributed by atoms with Crippen molar-refractivity contribution in [3.05, 3.63) is 36.9 Å². The highest BCUT2D eigenvalue weighted by Gasteiger charge is 1.99. The molecule has 0 aliphatic carbocycles. The summed E-state index contributed by atoms with van der Waals surface area (Å²) >= 11 is 5.08. The zero-order valence-corrected chi connectivity index (χ0v) is 10.4. The van der Waals surface area contributed by atoms with E-state index in [9.17, 15) is 4.79 Å². The molecule has 0 aliphatic heterocycles. The molecule has 0 saturated carbocycles. The number of carbonyl (C=O) groups excluding carboxylic acids is 1. The van der Waals surface area contributed by atoms with Gasteiger partial charge in [-0.25, -0.2) is 0 Å². The molecule has 0 radical (unpaired) electrons. The lowest BCUT2D eigenvalue weighted by molar-refractivity contribution is -0.114. The molecule has 0 fully saturated rings. The molecule has 0 unspecified atom stereocenters. The van der Waals surface area contributed by atoms with Crippen molar-refractivity contribution in [3.63, 3.8) is 0 Å². The zero-order chi connectivity index (χ0) is 12.7. The van der Waals surface area contributed by atoms with E-state index in [1.165, 1.54) is 6.92 Å². The molecule has 0 saturated heterocycles. The molecule has 0 aliphatic rings. The van der Waals surface area contributed by atoms with Crippen LogP contribution in [0.3, 0.4) is 0 Å². The Morgan fingerprint density at radius 2 is 2.06 bits per heavy atom. The summed E-state index contributed by atoms with van der Waals surface area (Å²) in [6.07, 6.45) is 1.72. The second-order valence-corrected chi connectivity index (χ2v) is 3.79. The van der Waals surface area contributed by atoms with Gasteiger partial charge in [0, 0.05) is 24.8 Å². The van der Waals surface area contributed by atoms with Crippen molar-refractivity contribution < 1.29 is 4.79 Å². The third-order valence-corrected chi connectivity index (χ3v) is 2.09. The second kappa shape index (κ2) is 6.65. The molecule has 4 nitrogen and oxygen atoms in total. The van der Waals surface area contributed by atoms with Gasteiger partial charge in [0.25, 0.3) is 0 Å². The van der Waals surface area contributed by atoms with Crippen LogP contribution < -0.4 is 16.0 Å². The fourth-order valence-corrected chi connectivity index (χ4v) is 1.42. The van der Waals surface area contributed by atoms with Crippen molar-refractivity contribution in [1.82, 2.24) is 5.32 Å². The summed E-state index contributed by atoms with van der Waals surface area (Å²) in [6, 6.07) is 7.33. The largest absolute Gasteiger partial charge is 0.359 e. The molecule has 3 N–H and O–H groups in total. The molecule has 0 heterocycles. The van der Waals surface area contributed by atoms with E-state index in [4.69, 9.17) is 12.2 Å². The Kier molecular flexibility index (Phi) is 5.16. The lowest BCUT2D eigenvalue weighted by atomic mass is 10.3. The van der Waals surface area contributed by atoms with Gasteiger partial charge in [0.1, 0.15) is 0 Å². The van der Waals surface area contributed by atoms with Gasteiger partial charge in [-0.1, -0.05) is 12.1 Å². The summed E-state index contributed by atoms with van der Waals surface area (Å²) in [5, 5.41) is 9.19. The fourth-order valence-electron chi connectivity index (χ4n) is 1.22. The summed E-state index contributed by atoms with van der Waals surface area (Å²) in [5.74, 6) is -0.102. The Morgan fingerprint density at radius 3 is 2.65 bits per heavy atom. The van der Waals surface area contributed by atoms with Gasteiger partial charge < -0.3 is 16.0 Å². The Labute approximate surface area is 106 Å². The molecule has 1 rings (SSSR count). The number of rotatable bonds is 4. The Bertz CT molecular complexity index is 432. The topological polar surface area (TPSA) is 53.2 Å². The van der Waals surface area contributed by atoms with Crippen molar-refractivity contribution in [2.75, 3.05) is 17.2 Å². The van der Waals surface area contributed by atoms with E-state index in [1.54, 1.807) is 6.08 Å². The molecular weight excluding hydrogens is 234 g/mol. The standard InChI is InChI=1S/C12H15N3OS/c1-3-7-13-12(17)15-11-6-4-5-10(8-11)14-9(2)16/h3-6,8H,1,7H2,2H3,(H,14,16)(H2,13,15,17). The molecule has 90 valence electrons. The first-order valence-corrected chi connectivity index (χ1v) is 5.56. The highest BCUT2D eigenvalue weighted by atomic mass is 32.1. The molecule has 1 aromatic rings. The maximum absolute atomic E-state index is 10.9. The van der Waals surface area contributed by atoms with Crippen molar-refractivity contribution in [1.29, 1.82) is 0 Å². The summed E-state index contributed by atoms with van der Waals surface area (Å²) in [4.78, 5) is 10.9. The molecule has 0 bridgehead atoms. The van der Waals surface area contributed by atoms with E-state index >= 15 is 0 Å². The molecule has 1 amide bonds. The van der Waals surface area contributed by atoms with Gasteiger partial charge in [0.2, 0.25) is 5.91 Å². The summed E-state index contributed by atoms with van der Waals surface area (Å²) in [6.45, 7) is 5.67. The highest BCUT2D eigenvalue weighted by molar-refractivity contribution is 7.80. The van der Waals surface area contributed by atoms with Crippen LogP contribution in [0, 0.1) is 0 Å². The molecule has 5 heteroatoms. The van der Waals surface area contributed by atoms with Gasteiger partial charge in [0.05, 0.1) is 0 Å². The first-order valence-electron chi connectivity index (χ1n) is 5.15. The average Bonchev–Trinajstić information content (AvgIpc) is 2.26. The van der Waals surface area contributed by atoms with E-state index < -0.39 is 0 Å². The van der Waals surface area contributed by atoms with Gasteiger partial charge in [0.15, 0.2) is 5.11 Å². The number of nitrogens with one attached hydrogen (secondary N) is 3. The van der Waals surface area contributed by atoms with E-state index in [0.29, 0.717) is 11.7 Å². The van der Waals surface area contributed by atoms with Gasteiger partial charge >= 0.3 is 0 Å². The van der Waals surface area contributed by atoms with Crippen LogP contribution in [-0.4, -0.2) is 17.6 Å². The van der Waals surface area contributed by atoms with Gasteiger partial charge in [-0.05, 0) is 30.4 Å². The van der Waals surface area contributed by atoms with Crippen LogP contribution in [0.5, 0.6) is 0 Å². The maximum atomic E-state index is 10.9. The minimum absolute atomic E-state index is 0.102. The quantitative estimate of drug-likeness (QED) is 0.565. The van der Waals surface area contributed by atoms with Crippen LogP contribution in [-0.2, 0) is 4.79 Å². The van der Waals surface area contributed by atoms with Crippen molar-refractivity contribution in [2.45, 2.75) is 6.92 Å². The number of hydrogen-bond donors (Lipinski definition) is 3. The summed E-state index contributed by atoms with van der Waals surface area (Å²) in [5.41, 5.74) is 1.55. The number of amides is 1. The lowest BCUT2D eigenvalue weighted by Crippen LogP contribution is -2.28. The Hall–Kier alpha value is -1.88. The first kappa shape index (κ1) is 13.2. The molecular formula is C12H15N3OS. The monoisotopic (exact) mass is 249 g/mol. The number of thiocarbonyl (C=S) groups is 1. The number of anilines is 2. The van der Waals surface area contributed by atoms with Crippen LogP contribution in [0.1, 0.15) is 6.92 Å². The van der Waals surface area contributed by atoms with E-state index in [0.717, 1.165) is 11.4 Å². The lowest BCUT2D eigenvalue weighted by Gasteiger charge is -2.10. The highest BCUT2D eigenvalue weighted by Crippen LogP contribution is 2.14. The van der Waals surface area contributed by atoms with Crippen LogP contribution in [0.15, 0.2) is 36.9 Å². The van der Waals surface area contributed by atoms with Gasteiger partial charge in [-0.3, -0.25) is 4.79 Å². The second-order valence-electron chi connectivity index (χ2n) is 3.39. The van der Waals surface area contributed by atoms with E-state index in [-0.39, 0.29) is 5.91 Å². The predicted octanol–water partition coefficient (Wildman–Crippen LogP) is 2.12. The Balaban J connectivity index is 2.61. The number of benzene rings is 1. The van der Waals surface area contributed by atoms with E-state index in [1.807, 2.05) is 24.3 Å². The maximum Gasteiger partial charge on any atom is 0.221 e. The first-order chi connectivity index (χ1) is 8.11. The summed E-state index contributed by atoms with van der Waals surface area (Å²) < 4.78 is 0. The normalized spacial score (nSPS) is 9.24. The van der Waals surface area contributed by atoms with Crippen molar-refractivity contribution in [2.24, 2.45) is 0 Å². The SMILES string of the molecule is C=CCNC(=S)Nc1cccc(NC(C)=O)c1. The zero-order valence-electron chi connectivity index (χ0n) is 9.62. The van der Waals surface area contributed by atoms with E-state index in [2.05, 4.69) is 22.5 Å². The molecule has 0 atom stereocenters. The third-order valence-electron chi connectivity index (χ3n) is 1.85. The molecule has 17 heavy (non-hydrogen) atoms. The van der Waals surface area contributed by atoms with Crippen molar-refractivity contribution >= 4 is 34.6 Å². The Morgan fingerprint density at radius 1 is 1.41 bits per heavy atom. The third kappa shape index (κ3) is 5.12. The number of hydrogen-bond acceptors (Lipinski definition) is 2. The van der Waals surface area contributed by atoms with Gasteiger partial charge in [-0.15, -0.1) is 6.58 Å². The molecule has 0 spiro atoms. The molecule has 1 aromatic carbocycles. The molecule has 0 aromatic heterocycles. The van der Waals surface area contributed by atoms with Crippen LogP contribution in [0.4, 0.5) is 11.4 Å². The summed E-state index contributed by atoms with van der Waals surface area (Å²) in [7, 11) is 0. The minimum atomic E-state index is -0.102. The van der Waals surface area contributed by atoms with Crippen LogP contribution >= 0.6 is 12.2 Å².